The fourth-order valence-corrected chi connectivity index (χ4v) is 4.12. The molecule has 0 aromatic carbocycles. The Kier molecular flexibility index (Phi) is 5.22. The summed E-state index contributed by atoms with van der Waals surface area (Å²) in [7, 11) is 2.28. The van der Waals surface area contributed by atoms with E-state index in [1.54, 1.807) is 0 Å². The zero-order valence-electron chi connectivity index (χ0n) is 11.9. The van der Waals surface area contributed by atoms with E-state index in [0.29, 0.717) is 18.0 Å². The van der Waals surface area contributed by atoms with E-state index in [4.69, 9.17) is 0 Å². The van der Waals surface area contributed by atoms with Crippen molar-refractivity contribution in [3.63, 3.8) is 0 Å². The van der Waals surface area contributed by atoms with Gasteiger partial charge in [0.05, 0.1) is 0 Å². The van der Waals surface area contributed by atoms with Crippen LogP contribution in [0.1, 0.15) is 44.0 Å². The van der Waals surface area contributed by atoms with E-state index in [1.807, 2.05) is 11.3 Å². The molecule has 3 heteroatoms. The van der Waals surface area contributed by atoms with Crippen molar-refractivity contribution >= 4 is 11.3 Å². The average Bonchev–Trinajstić information content (AvgIpc) is 2.83. The van der Waals surface area contributed by atoms with Gasteiger partial charge < -0.3 is 5.32 Å². The fraction of sp³-hybridized carbons (Fsp3) is 0.733. The van der Waals surface area contributed by atoms with E-state index in [0.717, 1.165) is 0 Å². The molecule has 0 radical (unpaired) electrons. The second-order valence-electron chi connectivity index (χ2n) is 5.79. The van der Waals surface area contributed by atoms with Crippen molar-refractivity contribution in [1.82, 2.24) is 10.2 Å². The topological polar surface area (TPSA) is 15.3 Å². The fourth-order valence-electron chi connectivity index (χ4n) is 3.06. The standard InChI is InChI=1S/C15H26N2S/c1-12(2)15(14-8-6-10-18-14)17(3)11-13-7-4-5-9-16-13/h6,8,10,12-13,15-16H,4-5,7,9,11H2,1-3H3. The lowest BCUT2D eigenvalue weighted by molar-refractivity contribution is 0.168. The van der Waals surface area contributed by atoms with E-state index in [9.17, 15) is 0 Å². The molecule has 102 valence electrons. The summed E-state index contributed by atoms with van der Waals surface area (Å²) in [5.74, 6) is 0.664. The molecule has 1 aliphatic rings. The third kappa shape index (κ3) is 3.56. The van der Waals surface area contributed by atoms with Gasteiger partial charge in [-0.2, -0.15) is 0 Å². The second kappa shape index (κ2) is 6.69. The van der Waals surface area contributed by atoms with Gasteiger partial charge in [-0.25, -0.2) is 0 Å². The van der Waals surface area contributed by atoms with Crippen molar-refractivity contribution in [3.8, 4) is 0 Å². The molecule has 0 saturated carbocycles. The molecule has 1 aliphatic heterocycles. The first-order valence-electron chi connectivity index (χ1n) is 7.15. The molecule has 0 aliphatic carbocycles. The molecule has 1 fully saturated rings. The summed E-state index contributed by atoms with van der Waals surface area (Å²) in [4.78, 5) is 4.04. The van der Waals surface area contributed by atoms with Crippen molar-refractivity contribution in [2.75, 3.05) is 20.1 Å². The molecule has 2 atom stereocenters. The minimum atomic E-state index is 0.564. The molecule has 0 amide bonds. The van der Waals surface area contributed by atoms with Crippen LogP contribution in [0.2, 0.25) is 0 Å². The molecule has 18 heavy (non-hydrogen) atoms. The molecule has 2 heterocycles. The molecule has 2 nitrogen and oxygen atoms in total. The Balaban J connectivity index is 1.97. The second-order valence-corrected chi connectivity index (χ2v) is 6.77. The summed E-state index contributed by atoms with van der Waals surface area (Å²) in [5, 5.41) is 5.84. The molecule has 1 aromatic heterocycles. The summed E-state index contributed by atoms with van der Waals surface area (Å²) >= 11 is 1.89. The van der Waals surface area contributed by atoms with Gasteiger partial charge in [-0.05, 0) is 43.8 Å². The van der Waals surface area contributed by atoms with Crippen LogP contribution in [-0.2, 0) is 0 Å². The molecular weight excluding hydrogens is 240 g/mol. The lowest BCUT2D eigenvalue weighted by atomic mass is 9.99. The maximum Gasteiger partial charge on any atom is 0.0462 e. The highest BCUT2D eigenvalue weighted by atomic mass is 32.1. The first-order valence-corrected chi connectivity index (χ1v) is 8.03. The Bertz CT molecular complexity index is 328. The van der Waals surface area contributed by atoms with E-state index >= 15 is 0 Å². The third-order valence-corrected chi connectivity index (χ3v) is 4.80. The Hall–Kier alpha value is -0.380. The number of thiophene rings is 1. The van der Waals surface area contributed by atoms with Gasteiger partial charge in [0.25, 0.3) is 0 Å². The van der Waals surface area contributed by atoms with Gasteiger partial charge in [0.1, 0.15) is 0 Å². The normalized spacial score (nSPS) is 22.6. The average molecular weight is 266 g/mol. The smallest absolute Gasteiger partial charge is 0.0462 e. The summed E-state index contributed by atoms with van der Waals surface area (Å²) in [6.07, 6.45) is 4.06. The van der Waals surface area contributed by atoms with Crippen LogP contribution in [0, 0.1) is 5.92 Å². The number of nitrogens with zero attached hydrogens (tertiary/aromatic N) is 1. The Morgan fingerprint density at radius 2 is 2.28 bits per heavy atom. The molecule has 1 saturated heterocycles. The molecular formula is C15H26N2S. The Morgan fingerprint density at radius 1 is 1.44 bits per heavy atom. The van der Waals surface area contributed by atoms with E-state index in [2.05, 4.69) is 48.6 Å². The summed E-state index contributed by atoms with van der Waals surface area (Å²) < 4.78 is 0. The number of hydrogen-bond donors (Lipinski definition) is 1. The van der Waals surface area contributed by atoms with Crippen LogP contribution in [0.3, 0.4) is 0 Å². The first-order chi connectivity index (χ1) is 8.68. The van der Waals surface area contributed by atoms with Gasteiger partial charge in [-0.15, -0.1) is 11.3 Å². The molecule has 2 unspecified atom stereocenters. The minimum Gasteiger partial charge on any atom is -0.313 e. The SMILES string of the molecule is CC(C)C(c1cccs1)N(C)CC1CCCCN1. The number of nitrogens with one attached hydrogen (secondary N) is 1. The maximum absolute atomic E-state index is 3.65. The summed E-state index contributed by atoms with van der Waals surface area (Å²) in [5.41, 5.74) is 0. The number of likely N-dealkylation sites (N-methyl/N-ethyl adjacent to an activating group) is 1. The van der Waals surface area contributed by atoms with Crippen LogP contribution in [-0.4, -0.2) is 31.1 Å². The van der Waals surface area contributed by atoms with Crippen molar-refractivity contribution in [1.29, 1.82) is 0 Å². The van der Waals surface area contributed by atoms with Gasteiger partial charge in [0.15, 0.2) is 0 Å². The van der Waals surface area contributed by atoms with E-state index in [-0.39, 0.29) is 0 Å². The lowest BCUT2D eigenvalue weighted by Gasteiger charge is -2.35. The molecule has 0 spiro atoms. The van der Waals surface area contributed by atoms with E-state index in [1.165, 1.54) is 37.2 Å². The van der Waals surface area contributed by atoms with E-state index < -0.39 is 0 Å². The van der Waals surface area contributed by atoms with Gasteiger partial charge in [-0.1, -0.05) is 26.3 Å². The number of piperidine rings is 1. The lowest BCUT2D eigenvalue weighted by Crippen LogP contribution is -2.44. The first kappa shape index (κ1) is 14.0. The zero-order chi connectivity index (χ0) is 13.0. The third-order valence-electron chi connectivity index (χ3n) is 3.86. The largest absolute Gasteiger partial charge is 0.313 e. The zero-order valence-corrected chi connectivity index (χ0v) is 12.7. The highest BCUT2D eigenvalue weighted by Crippen LogP contribution is 2.31. The Labute approximate surface area is 115 Å². The highest BCUT2D eigenvalue weighted by Gasteiger charge is 2.24. The minimum absolute atomic E-state index is 0.564. The quantitative estimate of drug-likeness (QED) is 0.877. The predicted octanol–water partition coefficient (Wildman–Crippen LogP) is 3.52. The van der Waals surface area contributed by atoms with Crippen LogP contribution in [0.4, 0.5) is 0 Å². The van der Waals surface area contributed by atoms with Crippen LogP contribution < -0.4 is 5.32 Å². The monoisotopic (exact) mass is 266 g/mol. The maximum atomic E-state index is 3.65. The van der Waals surface area contributed by atoms with Crippen molar-refractivity contribution in [2.45, 2.75) is 45.2 Å². The summed E-state index contributed by atoms with van der Waals surface area (Å²) in [6.45, 7) is 7.02. The van der Waals surface area contributed by atoms with Gasteiger partial charge >= 0.3 is 0 Å². The van der Waals surface area contributed by atoms with Crippen LogP contribution in [0.25, 0.3) is 0 Å². The molecule has 2 rings (SSSR count). The highest BCUT2D eigenvalue weighted by molar-refractivity contribution is 7.10. The van der Waals surface area contributed by atoms with Crippen LogP contribution in [0.5, 0.6) is 0 Å². The van der Waals surface area contributed by atoms with Crippen molar-refractivity contribution in [2.24, 2.45) is 5.92 Å². The van der Waals surface area contributed by atoms with Gasteiger partial charge in [0, 0.05) is 23.5 Å². The predicted molar refractivity (Wildman–Crippen MR) is 80.2 cm³/mol. The van der Waals surface area contributed by atoms with Crippen LogP contribution >= 0.6 is 11.3 Å². The van der Waals surface area contributed by atoms with Gasteiger partial charge in [-0.3, -0.25) is 4.90 Å². The van der Waals surface area contributed by atoms with Gasteiger partial charge in [0.2, 0.25) is 0 Å². The Morgan fingerprint density at radius 3 is 2.83 bits per heavy atom. The molecule has 0 bridgehead atoms. The van der Waals surface area contributed by atoms with Crippen molar-refractivity contribution < 1.29 is 0 Å². The van der Waals surface area contributed by atoms with Crippen molar-refractivity contribution in [3.05, 3.63) is 22.4 Å². The molecule has 1 N–H and O–H groups in total. The number of hydrogen-bond acceptors (Lipinski definition) is 3. The molecule has 1 aromatic rings. The van der Waals surface area contributed by atoms with Crippen LogP contribution in [0.15, 0.2) is 17.5 Å². The number of rotatable bonds is 5. The summed E-state index contributed by atoms with van der Waals surface area (Å²) in [6, 6.07) is 5.70.